The second-order valence-corrected chi connectivity index (χ2v) is 5.55. The average Bonchev–Trinajstić information content (AvgIpc) is 2.47. The summed E-state index contributed by atoms with van der Waals surface area (Å²) < 4.78 is 5.12. The lowest BCUT2D eigenvalue weighted by atomic mass is 9.96. The van der Waals surface area contributed by atoms with E-state index < -0.39 is 0 Å². The number of hydrogen-bond acceptors (Lipinski definition) is 3. The number of ether oxygens (including phenoxy) is 1. The number of carbonyl (C=O) groups is 1. The van der Waals surface area contributed by atoms with Crippen molar-refractivity contribution >= 4 is 5.91 Å². The fourth-order valence-electron chi connectivity index (χ4n) is 2.88. The van der Waals surface area contributed by atoms with Crippen molar-refractivity contribution < 1.29 is 9.53 Å². The van der Waals surface area contributed by atoms with Crippen LogP contribution in [-0.4, -0.2) is 36.5 Å². The molecule has 2 rings (SSSR count). The van der Waals surface area contributed by atoms with Crippen LogP contribution >= 0.6 is 0 Å². The van der Waals surface area contributed by atoms with E-state index in [1.54, 1.807) is 7.11 Å². The maximum absolute atomic E-state index is 12.7. The first kappa shape index (κ1) is 15.0. The molecular weight excluding hydrogens is 252 g/mol. The zero-order chi connectivity index (χ0) is 14.5. The van der Waals surface area contributed by atoms with Crippen molar-refractivity contribution in [3.63, 3.8) is 0 Å². The first-order valence-electron chi connectivity index (χ1n) is 7.28. The third kappa shape index (κ3) is 3.38. The summed E-state index contributed by atoms with van der Waals surface area (Å²) in [6, 6.07) is 7.84. The number of methoxy groups -OCH3 is 1. The van der Waals surface area contributed by atoms with Crippen LogP contribution in [0.3, 0.4) is 0 Å². The highest BCUT2D eigenvalue weighted by molar-refractivity contribution is 5.94. The molecule has 0 aliphatic carbocycles. The minimum absolute atomic E-state index is 0.0152. The molecule has 0 bridgehead atoms. The van der Waals surface area contributed by atoms with Gasteiger partial charge in [0.2, 0.25) is 0 Å². The quantitative estimate of drug-likeness (QED) is 0.917. The van der Waals surface area contributed by atoms with Crippen molar-refractivity contribution in [1.82, 2.24) is 4.90 Å². The number of piperidine rings is 1. The molecule has 0 spiro atoms. The Bertz CT molecular complexity index is 460. The van der Waals surface area contributed by atoms with Crippen molar-refractivity contribution in [2.45, 2.75) is 44.9 Å². The van der Waals surface area contributed by atoms with Gasteiger partial charge in [0.05, 0.1) is 6.61 Å². The lowest BCUT2D eigenvalue weighted by molar-refractivity contribution is 0.0583. The van der Waals surface area contributed by atoms with Crippen LogP contribution in [-0.2, 0) is 11.3 Å². The fraction of sp³-hybridized carbons (Fsp3) is 0.562. The van der Waals surface area contributed by atoms with Gasteiger partial charge in [-0.3, -0.25) is 4.79 Å². The number of nitrogens with two attached hydrogens (primary N) is 1. The number of likely N-dealkylation sites (tertiary alicyclic amines) is 1. The van der Waals surface area contributed by atoms with Gasteiger partial charge in [0.15, 0.2) is 0 Å². The monoisotopic (exact) mass is 276 g/mol. The molecule has 110 valence electrons. The number of carbonyl (C=O) groups excluding carboxylic acids is 1. The standard InChI is InChI=1S/C16H24N2O2/c1-12(17)15-8-3-4-9-18(15)16(19)14-7-5-6-13(10-14)11-20-2/h5-7,10,12,15H,3-4,8-9,11,17H2,1-2H3. The molecule has 2 atom stereocenters. The highest BCUT2D eigenvalue weighted by Gasteiger charge is 2.29. The van der Waals surface area contributed by atoms with Gasteiger partial charge in [-0.2, -0.15) is 0 Å². The van der Waals surface area contributed by atoms with E-state index in [2.05, 4.69) is 0 Å². The van der Waals surface area contributed by atoms with Crippen molar-refractivity contribution in [3.05, 3.63) is 35.4 Å². The van der Waals surface area contributed by atoms with Gasteiger partial charge in [0.25, 0.3) is 5.91 Å². The van der Waals surface area contributed by atoms with Gasteiger partial charge in [-0.15, -0.1) is 0 Å². The third-order valence-electron chi connectivity index (χ3n) is 3.90. The fourth-order valence-corrected chi connectivity index (χ4v) is 2.88. The van der Waals surface area contributed by atoms with Gasteiger partial charge in [-0.05, 0) is 43.9 Å². The summed E-state index contributed by atoms with van der Waals surface area (Å²) >= 11 is 0. The smallest absolute Gasteiger partial charge is 0.254 e. The number of nitrogens with zero attached hydrogens (tertiary/aromatic N) is 1. The summed E-state index contributed by atoms with van der Waals surface area (Å²) in [6.07, 6.45) is 3.22. The van der Waals surface area contributed by atoms with Crippen LogP contribution in [0, 0.1) is 0 Å². The molecule has 0 radical (unpaired) electrons. The number of amides is 1. The summed E-state index contributed by atoms with van der Waals surface area (Å²) in [7, 11) is 1.66. The van der Waals surface area contributed by atoms with Crippen molar-refractivity contribution in [2.24, 2.45) is 5.73 Å². The first-order chi connectivity index (χ1) is 9.63. The SMILES string of the molecule is COCc1cccc(C(=O)N2CCCCC2C(C)N)c1. The van der Waals surface area contributed by atoms with E-state index in [4.69, 9.17) is 10.5 Å². The second kappa shape index (κ2) is 6.86. The van der Waals surface area contributed by atoms with E-state index in [9.17, 15) is 4.79 Å². The molecule has 1 amide bonds. The molecule has 1 fully saturated rings. The Morgan fingerprint density at radius 1 is 1.50 bits per heavy atom. The largest absolute Gasteiger partial charge is 0.380 e. The van der Waals surface area contributed by atoms with E-state index in [0.29, 0.717) is 6.61 Å². The van der Waals surface area contributed by atoms with Gasteiger partial charge in [-0.1, -0.05) is 12.1 Å². The Hall–Kier alpha value is -1.39. The minimum atomic E-state index is 0.0152. The normalized spacial score (nSPS) is 20.8. The van der Waals surface area contributed by atoms with Crippen LogP contribution in [0.5, 0.6) is 0 Å². The second-order valence-electron chi connectivity index (χ2n) is 5.55. The van der Waals surface area contributed by atoms with E-state index in [1.807, 2.05) is 36.1 Å². The van der Waals surface area contributed by atoms with Crippen LogP contribution in [0.25, 0.3) is 0 Å². The Kier molecular flexibility index (Phi) is 5.15. The summed E-state index contributed by atoms with van der Waals surface area (Å²) in [5, 5.41) is 0. The molecule has 2 N–H and O–H groups in total. The highest BCUT2D eigenvalue weighted by Crippen LogP contribution is 2.22. The van der Waals surface area contributed by atoms with Gasteiger partial charge in [0, 0.05) is 31.3 Å². The molecule has 1 aliphatic heterocycles. The Balaban J connectivity index is 2.18. The molecule has 4 nitrogen and oxygen atoms in total. The zero-order valence-corrected chi connectivity index (χ0v) is 12.3. The maximum atomic E-state index is 12.7. The molecule has 2 unspecified atom stereocenters. The molecule has 1 aliphatic rings. The van der Waals surface area contributed by atoms with E-state index in [-0.39, 0.29) is 18.0 Å². The predicted octanol–water partition coefficient (Wildman–Crippen LogP) is 2.17. The molecule has 4 heteroatoms. The summed E-state index contributed by atoms with van der Waals surface area (Å²) in [6.45, 7) is 3.31. The molecule has 20 heavy (non-hydrogen) atoms. The predicted molar refractivity (Wildman–Crippen MR) is 79.5 cm³/mol. The molecule has 1 aromatic rings. The number of benzene rings is 1. The average molecular weight is 276 g/mol. The van der Waals surface area contributed by atoms with Gasteiger partial charge < -0.3 is 15.4 Å². The number of rotatable bonds is 4. The molecule has 0 saturated carbocycles. The third-order valence-corrected chi connectivity index (χ3v) is 3.90. The van der Waals surface area contributed by atoms with Crippen LogP contribution in [0.4, 0.5) is 0 Å². The zero-order valence-electron chi connectivity index (χ0n) is 12.3. The van der Waals surface area contributed by atoms with Gasteiger partial charge >= 0.3 is 0 Å². The summed E-state index contributed by atoms with van der Waals surface area (Å²) in [4.78, 5) is 14.6. The van der Waals surface area contributed by atoms with Crippen molar-refractivity contribution in [2.75, 3.05) is 13.7 Å². The van der Waals surface area contributed by atoms with E-state index in [0.717, 1.165) is 36.9 Å². The van der Waals surface area contributed by atoms with E-state index in [1.165, 1.54) is 0 Å². The number of hydrogen-bond donors (Lipinski definition) is 1. The minimum Gasteiger partial charge on any atom is -0.380 e. The Morgan fingerprint density at radius 3 is 3.00 bits per heavy atom. The Morgan fingerprint density at radius 2 is 2.30 bits per heavy atom. The lowest BCUT2D eigenvalue weighted by Gasteiger charge is -2.38. The van der Waals surface area contributed by atoms with Crippen LogP contribution in [0.2, 0.25) is 0 Å². The molecule has 1 heterocycles. The molecule has 1 saturated heterocycles. The molecule has 0 aromatic heterocycles. The van der Waals surface area contributed by atoms with Gasteiger partial charge in [0.1, 0.15) is 0 Å². The topological polar surface area (TPSA) is 55.6 Å². The van der Waals surface area contributed by atoms with E-state index >= 15 is 0 Å². The van der Waals surface area contributed by atoms with Crippen molar-refractivity contribution in [1.29, 1.82) is 0 Å². The Labute approximate surface area is 120 Å². The summed E-state index contributed by atoms with van der Waals surface area (Å²) in [5.41, 5.74) is 7.79. The lowest BCUT2D eigenvalue weighted by Crippen LogP contribution is -2.51. The van der Waals surface area contributed by atoms with Crippen LogP contribution in [0.15, 0.2) is 24.3 Å². The van der Waals surface area contributed by atoms with Crippen molar-refractivity contribution in [3.8, 4) is 0 Å². The highest BCUT2D eigenvalue weighted by atomic mass is 16.5. The molecular formula is C16H24N2O2. The van der Waals surface area contributed by atoms with Gasteiger partial charge in [-0.25, -0.2) is 0 Å². The maximum Gasteiger partial charge on any atom is 0.254 e. The summed E-state index contributed by atoms with van der Waals surface area (Å²) in [5.74, 6) is 0.0879. The van der Waals surface area contributed by atoms with Crippen LogP contribution < -0.4 is 5.73 Å². The van der Waals surface area contributed by atoms with Crippen LogP contribution in [0.1, 0.15) is 42.1 Å². The molecule has 1 aromatic carbocycles. The first-order valence-corrected chi connectivity index (χ1v) is 7.28.